The number of carbonyl (C=O) groups is 1. The second kappa shape index (κ2) is 11.2. The molecule has 1 saturated carbocycles. The molecule has 1 N–H and O–H groups in total. The minimum Gasteiger partial charge on any atom is -0.496 e. The summed E-state index contributed by atoms with van der Waals surface area (Å²) >= 11 is 0. The number of hydrogen-bond donors (Lipinski definition) is 1. The van der Waals surface area contributed by atoms with Crippen molar-refractivity contribution in [1.29, 1.82) is 0 Å². The lowest BCUT2D eigenvalue weighted by atomic mass is 10.0. The van der Waals surface area contributed by atoms with Gasteiger partial charge in [0.2, 0.25) is 5.91 Å². The molecule has 0 aromatic heterocycles. The van der Waals surface area contributed by atoms with Crippen LogP contribution in [0.25, 0.3) is 10.8 Å². The van der Waals surface area contributed by atoms with Crippen LogP contribution in [0.5, 0.6) is 5.75 Å². The highest BCUT2D eigenvalue weighted by molar-refractivity contribution is 5.88. The summed E-state index contributed by atoms with van der Waals surface area (Å²) in [6.07, 6.45) is 4.55. The van der Waals surface area contributed by atoms with E-state index < -0.39 is 0 Å². The standard InChI is InChI=1S/C22H30N2O3.ClH/c1-26-14-13-23-15-22(25)24(18-8-4-5-9-18)16-20-19-10-6-3-7-17(19)11-12-21(20)27-2;/h3,6-7,10-12,18,23H,4-5,8-9,13-16H2,1-2H3;1H. The molecule has 2 aromatic carbocycles. The van der Waals surface area contributed by atoms with Crippen molar-refractivity contribution >= 4 is 29.1 Å². The van der Waals surface area contributed by atoms with Gasteiger partial charge in [0.15, 0.2) is 0 Å². The van der Waals surface area contributed by atoms with Crippen molar-refractivity contribution in [2.75, 3.05) is 33.9 Å². The minimum atomic E-state index is 0. The van der Waals surface area contributed by atoms with Gasteiger partial charge in [-0.05, 0) is 29.7 Å². The van der Waals surface area contributed by atoms with E-state index in [1.807, 2.05) is 18.2 Å². The summed E-state index contributed by atoms with van der Waals surface area (Å²) in [5, 5.41) is 5.52. The van der Waals surface area contributed by atoms with Crippen LogP contribution in [0.15, 0.2) is 36.4 Å². The third-order valence-corrected chi connectivity index (χ3v) is 5.39. The average molecular weight is 407 g/mol. The normalized spacial score (nSPS) is 14.1. The van der Waals surface area contributed by atoms with Crippen LogP contribution in [0.4, 0.5) is 0 Å². The van der Waals surface area contributed by atoms with Gasteiger partial charge < -0.3 is 19.7 Å². The zero-order valence-corrected chi connectivity index (χ0v) is 17.6. The van der Waals surface area contributed by atoms with Crippen LogP contribution in [-0.2, 0) is 16.1 Å². The molecule has 6 heteroatoms. The molecule has 0 unspecified atom stereocenters. The molecule has 0 heterocycles. The first-order valence-corrected chi connectivity index (χ1v) is 9.78. The third-order valence-electron chi connectivity index (χ3n) is 5.39. The van der Waals surface area contributed by atoms with E-state index in [1.54, 1.807) is 14.2 Å². The maximum absolute atomic E-state index is 13.0. The molecule has 5 nitrogen and oxygen atoms in total. The van der Waals surface area contributed by atoms with Crippen LogP contribution in [0, 0.1) is 0 Å². The summed E-state index contributed by atoms with van der Waals surface area (Å²) in [5.74, 6) is 0.991. The molecule has 1 fully saturated rings. The van der Waals surface area contributed by atoms with E-state index in [2.05, 4.69) is 28.4 Å². The van der Waals surface area contributed by atoms with Gasteiger partial charge in [-0.2, -0.15) is 0 Å². The first-order chi connectivity index (χ1) is 13.2. The molecule has 0 spiro atoms. The number of nitrogens with one attached hydrogen (secondary N) is 1. The number of rotatable bonds is 9. The summed E-state index contributed by atoms with van der Waals surface area (Å²) in [4.78, 5) is 15.1. The Bertz CT molecular complexity index is 763. The molecule has 0 atom stereocenters. The number of amides is 1. The Hall–Kier alpha value is -1.82. The molecule has 28 heavy (non-hydrogen) atoms. The number of benzene rings is 2. The second-order valence-corrected chi connectivity index (χ2v) is 7.10. The highest BCUT2D eigenvalue weighted by Crippen LogP contribution is 2.32. The summed E-state index contributed by atoms with van der Waals surface area (Å²) < 4.78 is 10.7. The van der Waals surface area contributed by atoms with Gasteiger partial charge in [0.25, 0.3) is 0 Å². The first kappa shape index (κ1) is 22.5. The molecule has 0 aliphatic heterocycles. The number of hydrogen-bond acceptors (Lipinski definition) is 4. The summed E-state index contributed by atoms with van der Waals surface area (Å²) in [6, 6.07) is 12.7. The van der Waals surface area contributed by atoms with Crippen LogP contribution in [0.1, 0.15) is 31.2 Å². The molecule has 0 radical (unpaired) electrons. The van der Waals surface area contributed by atoms with E-state index in [0.29, 0.717) is 32.3 Å². The Morgan fingerprint density at radius 1 is 1.14 bits per heavy atom. The van der Waals surface area contributed by atoms with Crippen LogP contribution in [0.3, 0.4) is 0 Å². The van der Waals surface area contributed by atoms with E-state index >= 15 is 0 Å². The van der Waals surface area contributed by atoms with E-state index in [0.717, 1.165) is 29.5 Å². The fourth-order valence-corrected chi connectivity index (χ4v) is 3.95. The van der Waals surface area contributed by atoms with E-state index in [4.69, 9.17) is 9.47 Å². The van der Waals surface area contributed by atoms with E-state index in [1.165, 1.54) is 18.2 Å². The summed E-state index contributed by atoms with van der Waals surface area (Å²) in [7, 11) is 3.36. The van der Waals surface area contributed by atoms with Gasteiger partial charge in [-0.3, -0.25) is 4.79 Å². The lowest BCUT2D eigenvalue weighted by Crippen LogP contribution is -2.43. The summed E-state index contributed by atoms with van der Waals surface area (Å²) in [6.45, 7) is 2.21. The lowest BCUT2D eigenvalue weighted by molar-refractivity contribution is -0.133. The van der Waals surface area contributed by atoms with Crippen molar-refractivity contribution in [3.8, 4) is 5.75 Å². The predicted molar refractivity (Wildman–Crippen MR) is 115 cm³/mol. The largest absolute Gasteiger partial charge is 0.496 e. The van der Waals surface area contributed by atoms with E-state index in [-0.39, 0.29) is 18.3 Å². The monoisotopic (exact) mass is 406 g/mol. The molecular formula is C22H31ClN2O3. The lowest BCUT2D eigenvalue weighted by Gasteiger charge is -2.30. The maximum Gasteiger partial charge on any atom is 0.237 e. The third kappa shape index (κ3) is 5.37. The van der Waals surface area contributed by atoms with Crippen LogP contribution in [-0.4, -0.2) is 50.8 Å². The maximum atomic E-state index is 13.0. The molecule has 154 valence electrons. The van der Waals surface area contributed by atoms with Gasteiger partial charge in [-0.15, -0.1) is 12.4 Å². The number of fused-ring (bicyclic) bond motifs is 1. The summed E-state index contributed by atoms with van der Waals surface area (Å²) in [5.41, 5.74) is 1.09. The number of ether oxygens (including phenoxy) is 2. The van der Waals surface area contributed by atoms with Gasteiger partial charge in [-0.1, -0.05) is 43.2 Å². The molecule has 2 aromatic rings. The zero-order chi connectivity index (χ0) is 19.1. The quantitative estimate of drug-likeness (QED) is 0.644. The van der Waals surface area contributed by atoms with Crippen molar-refractivity contribution in [2.24, 2.45) is 0 Å². The Labute approximate surface area is 173 Å². The van der Waals surface area contributed by atoms with Crippen LogP contribution >= 0.6 is 12.4 Å². The van der Waals surface area contributed by atoms with Gasteiger partial charge in [0.05, 0.1) is 26.8 Å². The van der Waals surface area contributed by atoms with Crippen molar-refractivity contribution in [3.63, 3.8) is 0 Å². The number of methoxy groups -OCH3 is 2. The molecule has 1 amide bonds. The van der Waals surface area contributed by atoms with Crippen LogP contribution in [0.2, 0.25) is 0 Å². The van der Waals surface area contributed by atoms with E-state index in [9.17, 15) is 4.79 Å². The van der Waals surface area contributed by atoms with Crippen molar-refractivity contribution < 1.29 is 14.3 Å². The number of carbonyl (C=O) groups excluding carboxylic acids is 1. The Morgan fingerprint density at radius 2 is 1.89 bits per heavy atom. The number of halogens is 1. The molecule has 3 rings (SSSR count). The molecule has 1 aliphatic rings. The smallest absolute Gasteiger partial charge is 0.237 e. The molecule has 1 aliphatic carbocycles. The highest BCUT2D eigenvalue weighted by Gasteiger charge is 2.27. The Morgan fingerprint density at radius 3 is 2.61 bits per heavy atom. The molecular weight excluding hydrogens is 376 g/mol. The first-order valence-electron chi connectivity index (χ1n) is 9.78. The Kier molecular flexibility index (Phi) is 9.03. The average Bonchev–Trinajstić information content (AvgIpc) is 3.23. The minimum absolute atomic E-state index is 0. The molecule has 0 bridgehead atoms. The van der Waals surface area contributed by atoms with Gasteiger partial charge in [0, 0.05) is 25.3 Å². The zero-order valence-electron chi connectivity index (χ0n) is 16.8. The second-order valence-electron chi connectivity index (χ2n) is 7.10. The van der Waals surface area contributed by atoms with Crippen molar-refractivity contribution in [1.82, 2.24) is 10.2 Å². The fourth-order valence-electron chi connectivity index (χ4n) is 3.95. The topological polar surface area (TPSA) is 50.8 Å². The van der Waals surface area contributed by atoms with Crippen LogP contribution < -0.4 is 10.1 Å². The SMILES string of the molecule is COCCNCC(=O)N(Cc1c(OC)ccc2ccccc12)C1CCCC1.Cl. The van der Waals surface area contributed by atoms with Gasteiger partial charge >= 0.3 is 0 Å². The highest BCUT2D eigenvalue weighted by atomic mass is 35.5. The molecule has 0 saturated heterocycles. The van der Waals surface area contributed by atoms with Gasteiger partial charge in [-0.25, -0.2) is 0 Å². The fraction of sp³-hybridized carbons (Fsp3) is 0.500. The predicted octanol–water partition coefficient (Wildman–Crippen LogP) is 3.78. The van der Waals surface area contributed by atoms with Crippen molar-refractivity contribution in [3.05, 3.63) is 42.0 Å². The van der Waals surface area contributed by atoms with Gasteiger partial charge in [0.1, 0.15) is 5.75 Å². The Balaban J connectivity index is 0.00000280. The number of nitrogens with zero attached hydrogens (tertiary/aromatic N) is 1. The van der Waals surface area contributed by atoms with Crippen molar-refractivity contribution in [2.45, 2.75) is 38.3 Å².